The first-order valence-corrected chi connectivity index (χ1v) is 16.8. The van der Waals surface area contributed by atoms with Gasteiger partial charge in [0.25, 0.3) is 5.91 Å². The highest BCUT2D eigenvalue weighted by Gasteiger charge is 2.32. The van der Waals surface area contributed by atoms with Gasteiger partial charge in [0.15, 0.2) is 0 Å². The van der Waals surface area contributed by atoms with Gasteiger partial charge in [-0.25, -0.2) is 9.97 Å². The Morgan fingerprint density at radius 3 is 2.45 bits per heavy atom. The lowest BCUT2D eigenvalue weighted by atomic mass is 10.00. The van der Waals surface area contributed by atoms with Crippen LogP contribution in [0.4, 0.5) is 0 Å². The molecule has 7 rings (SSSR count). The fourth-order valence-electron chi connectivity index (χ4n) is 6.46. The molecule has 5 aromatic rings. The molecule has 1 aliphatic carbocycles. The number of aryl methyl sites for hydroxylation is 2. The predicted octanol–water partition coefficient (Wildman–Crippen LogP) is 7.34. The van der Waals surface area contributed by atoms with Crippen LogP contribution in [-0.2, 0) is 6.54 Å². The molecule has 7 heteroatoms. The maximum absolute atomic E-state index is 13.7. The number of pyridine rings is 2. The summed E-state index contributed by atoms with van der Waals surface area (Å²) in [4.78, 5) is 32.1. The van der Waals surface area contributed by atoms with Crippen molar-refractivity contribution in [3.8, 4) is 0 Å². The SMILES string of the molecule is Cc1ccc(C(=CCN2CCCC2)c2cccc(C=CCN(C(=O)c3ccc(Cn4c(C)nc5cnccc54)cc3)C3CC3)n2)cc1. The van der Waals surface area contributed by atoms with Crippen LogP contribution in [0.1, 0.15) is 69.9 Å². The van der Waals surface area contributed by atoms with Crippen LogP contribution in [0.3, 0.4) is 0 Å². The second-order valence-electron chi connectivity index (χ2n) is 12.8. The lowest BCUT2D eigenvalue weighted by molar-refractivity contribution is 0.0763. The minimum atomic E-state index is 0.0762. The average molecular weight is 623 g/mol. The van der Waals surface area contributed by atoms with E-state index in [0.29, 0.717) is 19.1 Å². The number of carbonyl (C=O) groups is 1. The van der Waals surface area contributed by atoms with Gasteiger partial charge in [-0.2, -0.15) is 0 Å². The molecule has 0 N–H and O–H groups in total. The van der Waals surface area contributed by atoms with E-state index in [0.717, 1.165) is 71.8 Å². The molecule has 0 radical (unpaired) electrons. The molecule has 47 heavy (non-hydrogen) atoms. The third-order valence-electron chi connectivity index (χ3n) is 9.28. The van der Waals surface area contributed by atoms with Gasteiger partial charge in [0.1, 0.15) is 11.3 Å². The first-order valence-electron chi connectivity index (χ1n) is 16.8. The van der Waals surface area contributed by atoms with Crippen LogP contribution >= 0.6 is 0 Å². The van der Waals surface area contributed by atoms with Gasteiger partial charge in [-0.15, -0.1) is 0 Å². The van der Waals surface area contributed by atoms with Gasteiger partial charge in [-0.1, -0.05) is 60.2 Å². The Kier molecular flexibility index (Phi) is 9.07. The number of aromatic nitrogens is 4. The van der Waals surface area contributed by atoms with E-state index >= 15 is 0 Å². The number of likely N-dealkylation sites (tertiary alicyclic amines) is 1. The third-order valence-corrected chi connectivity index (χ3v) is 9.28. The largest absolute Gasteiger partial charge is 0.332 e. The minimum absolute atomic E-state index is 0.0762. The van der Waals surface area contributed by atoms with Gasteiger partial charge in [0, 0.05) is 43.0 Å². The summed E-state index contributed by atoms with van der Waals surface area (Å²) >= 11 is 0. The summed E-state index contributed by atoms with van der Waals surface area (Å²) in [6.07, 6.45) is 14.7. The normalized spacial score (nSPS) is 15.6. The Hall–Kier alpha value is -4.88. The number of carbonyl (C=O) groups excluding carboxylic acids is 1. The van der Waals surface area contributed by atoms with Gasteiger partial charge in [-0.3, -0.25) is 14.7 Å². The van der Waals surface area contributed by atoms with Crippen LogP contribution < -0.4 is 0 Å². The van der Waals surface area contributed by atoms with Crippen LogP contribution in [0.15, 0.2) is 97.3 Å². The Labute approximate surface area is 277 Å². The van der Waals surface area contributed by atoms with Crippen LogP contribution in [0, 0.1) is 13.8 Å². The van der Waals surface area contributed by atoms with Gasteiger partial charge in [-0.05, 0) is 100 Å². The Morgan fingerprint density at radius 2 is 1.68 bits per heavy atom. The average Bonchev–Trinajstić information content (AvgIpc) is 3.70. The third kappa shape index (κ3) is 7.26. The Bertz CT molecular complexity index is 1910. The fourth-order valence-corrected chi connectivity index (χ4v) is 6.46. The molecular weight excluding hydrogens is 580 g/mol. The molecular formula is C40H42N6O. The van der Waals surface area contributed by atoms with Crippen LogP contribution in [-0.4, -0.2) is 67.4 Å². The van der Waals surface area contributed by atoms with Gasteiger partial charge < -0.3 is 9.47 Å². The molecule has 4 heterocycles. The molecule has 2 fully saturated rings. The molecule has 7 nitrogen and oxygen atoms in total. The van der Waals surface area contributed by atoms with Crippen molar-refractivity contribution < 1.29 is 4.79 Å². The molecule has 0 spiro atoms. The standard InChI is InChI=1S/C40H42N6O/c1-29-10-14-32(15-11-29)36(21-26-44-23-3-4-24-44)37-9-5-7-34(43-37)8-6-25-45(35-18-19-35)40(47)33-16-12-31(13-17-33)28-46-30(2)42-38-27-41-22-20-39(38)46/h5-17,20-22,27,35H,3-4,18-19,23-26,28H2,1-2H3. The van der Waals surface area contributed by atoms with E-state index in [-0.39, 0.29) is 5.91 Å². The molecule has 0 atom stereocenters. The van der Waals surface area contributed by atoms with E-state index in [1.807, 2.05) is 36.1 Å². The molecule has 1 saturated heterocycles. The van der Waals surface area contributed by atoms with Crippen molar-refractivity contribution in [3.63, 3.8) is 0 Å². The van der Waals surface area contributed by atoms with Crippen molar-refractivity contribution in [2.45, 2.75) is 52.1 Å². The summed E-state index contributed by atoms with van der Waals surface area (Å²) in [5.74, 6) is 1.02. The smallest absolute Gasteiger partial charge is 0.254 e. The summed E-state index contributed by atoms with van der Waals surface area (Å²) in [6.45, 7) is 8.64. The molecule has 3 aromatic heterocycles. The van der Waals surface area contributed by atoms with E-state index in [2.05, 4.69) is 93.1 Å². The van der Waals surface area contributed by atoms with Crippen molar-refractivity contribution in [2.75, 3.05) is 26.2 Å². The van der Waals surface area contributed by atoms with Crippen molar-refractivity contribution in [1.29, 1.82) is 0 Å². The highest BCUT2D eigenvalue weighted by molar-refractivity contribution is 5.94. The highest BCUT2D eigenvalue weighted by Crippen LogP contribution is 2.29. The number of fused-ring (bicyclic) bond motifs is 1. The number of imidazole rings is 1. The number of benzene rings is 2. The van der Waals surface area contributed by atoms with E-state index in [1.165, 1.54) is 29.5 Å². The zero-order valence-electron chi connectivity index (χ0n) is 27.3. The summed E-state index contributed by atoms with van der Waals surface area (Å²) < 4.78 is 2.19. The summed E-state index contributed by atoms with van der Waals surface area (Å²) in [7, 11) is 0. The zero-order valence-corrected chi connectivity index (χ0v) is 27.3. The van der Waals surface area contributed by atoms with Gasteiger partial charge in [0.2, 0.25) is 0 Å². The molecule has 1 saturated carbocycles. The Balaban J connectivity index is 1.04. The van der Waals surface area contributed by atoms with Crippen molar-refractivity contribution in [2.24, 2.45) is 0 Å². The maximum atomic E-state index is 13.7. The highest BCUT2D eigenvalue weighted by atomic mass is 16.2. The van der Waals surface area contributed by atoms with E-state index in [4.69, 9.17) is 4.98 Å². The number of hydrogen-bond acceptors (Lipinski definition) is 5. The molecule has 0 bridgehead atoms. The fraction of sp³-hybridized carbons (Fsp3) is 0.300. The summed E-state index contributed by atoms with van der Waals surface area (Å²) in [5.41, 5.74) is 9.28. The Morgan fingerprint density at radius 1 is 0.915 bits per heavy atom. The lowest BCUT2D eigenvalue weighted by Gasteiger charge is -2.21. The number of hydrogen-bond donors (Lipinski definition) is 0. The van der Waals surface area contributed by atoms with Crippen LogP contribution in [0.5, 0.6) is 0 Å². The first-order chi connectivity index (χ1) is 23.0. The van der Waals surface area contributed by atoms with Gasteiger partial charge >= 0.3 is 0 Å². The molecule has 1 aliphatic heterocycles. The maximum Gasteiger partial charge on any atom is 0.254 e. The molecule has 2 aliphatic rings. The lowest BCUT2D eigenvalue weighted by Crippen LogP contribution is -2.33. The van der Waals surface area contributed by atoms with Crippen molar-refractivity contribution in [1.82, 2.24) is 29.3 Å². The predicted molar refractivity (Wildman–Crippen MR) is 189 cm³/mol. The van der Waals surface area contributed by atoms with Crippen LogP contribution in [0.25, 0.3) is 22.7 Å². The molecule has 238 valence electrons. The van der Waals surface area contributed by atoms with Crippen molar-refractivity contribution in [3.05, 3.63) is 137 Å². The van der Waals surface area contributed by atoms with Gasteiger partial charge in [0.05, 0.1) is 23.1 Å². The monoisotopic (exact) mass is 622 g/mol. The number of rotatable bonds is 11. The molecule has 1 amide bonds. The van der Waals surface area contributed by atoms with E-state index in [9.17, 15) is 4.79 Å². The van der Waals surface area contributed by atoms with E-state index < -0.39 is 0 Å². The second-order valence-corrected chi connectivity index (χ2v) is 12.8. The summed E-state index contributed by atoms with van der Waals surface area (Å²) in [5, 5.41) is 0. The second kappa shape index (κ2) is 13.9. The molecule has 0 unspecified atom stereocenters. The zero-order chi connectivity index (χ0) is 32.2. The van der Waals surface area contributed by atoms with E-state index in [1.54, 1.807) is 12.4 Å². The summed E-state index contributed by atoms with van der Waals surface area (Å²) in [6, 6.07) is 25.3. The first kappa shape index (κ1) is 30.8. The topological polar surface area (TPSA) is 67.2 Å². The quantitative estimate of drug-likeness (QED) is 0.154. The number of amides is 1. The molecule has 2 aromatic carbocycles. The number of nitrogens with zero attached hydrogens (tertiary/aromatic N) is 6. The van der Waals surface area contributed by atoms with Crippen molar-refractivity contribution >= 4 is 28.6 Å². The van der Waals surface area contributed by atoms with Crippen LogP contribution in [0.2, 0.25) is 0 Å². The minimum Gasteiger partial charge on any atom is -0.332 e.